The van der Waals surface area contributed by atoms with Crippen molar-refractivity contribution >= 4 is 11.8 Å². The third-order valence-electron chi connectivity index (χ3n) is 4.26. The van der Waals surface area contributed by atoms with Crippen LogP contribution in [-0.4, -0.2) is 45.8 Å². The molecule has 0 aromatic carbocycles. The quantitative estimate of drug-likeness (QED) is 0.651. The van der Waals surface area contributed by atoms with Gasteiger partial charge in [-0.1, -0.05) is 41.0 Å². The van der Waals surface area contributed by atoms with Crippen LogP contribution in [0.5, 0.6) is 0 Å². The molecule has 1 rings (SSSR count). The first kappa shape index (κ1) is 21.3. The van der Waals surface area contributed by atoms with Gasteiger partial charge in [-0.2, -0.15) is 0 Å². The second-order valence-corrected chi connectivity index (χ2v) is 7.55. The zero-order valence-corrected chi connectivity index (χ0v) is 16.8. The lowest BCUT2D eigenvalue weighted by Gasteiger charge is -2.30. The number of amides is 2. The molecular weight excluding hydrogens is 314 g/mol. The summed E-state index contributed by atoms with van der Waals surface area (Å²) in [6.07, 6.45) is 3.92. The predicted molar refractivity (Wildman–Crippen MR) is 102 cm³/mol. The number of hydrogen-bond donors (Lipinski definition) is 0. The lowest BCUT2D eigenvalue weighted by Crippen LogP contribution is -2.45. The topological polar surface area (TPSA) is 45.6 Å². The molecule has 0 aliphatic rings. The summed E-state index contributed by atoms with van der Waals surface area (Å²) in [5, 5.41) is 0. The maximum absolute atomic E-state index is 12.9. The smallest absolute Gasteiger partial charge is 0.242 e. The van der Waals surface area contributed by atoms with Crippen molar-refractivity contribution in [3.63, 3.8) is 0 Å². The van der Waals surface area contributed by atoms with Gasteiger partial charge in [0.2, 0.25) is 11.8 Å². The second kappa shape index (κ2) is 10.3. The molecular formula is C20H35N3O2. The molecule has 0 saturated carbocycles. The van der Waals surface area contributed by atoms with Crippen LogP contribution in [0.15, 0.2) is 18.3 Å². The monoisotopic (exact) mass is 349 g/mol. The van der Waals surface area contributed by atoms with Crippen LogP contribution < -0.4 is 0 Å². The Hall–Kier alpha value is -1.78. The van der Waals surface area contributed by atoms with Gasteiger partial charge in [0.25, 0.3) is 0 Å². The minimum absolute atomic E-state index is 0.0278. The molecule has 142 valence electrons. The van der Waals surface area contributed by atoms with Gasteiger partial charge in [-0.05, 0) is 24.5 Å². The largest absolute Gasteiger partial charge is 0.353 e. The van der Waals surface area contributed by atoms with Gasteiger partial charge >= 0.3 is 0 Å². The Balaban J connectivity index is 2.86. The van der Waals surface area contributed by atoms with Crippen LogP contribution in [0.4, 0.5) is 0 Å². The number of aryl methyl sites for hydroxylation is 1. The lowest BCUT2D eigenvalue weighted by atomic mass is 10.1. The van der Waals surface area contributed by atoms with Crippen molar-refractivity contribution in [1.29, 1.82) is 0 Å². The van der Waals surface area contributed by atoms with Crippen molar-refractivity contribution in [3.8, 4) is 0 Å². The maximum atomic E-state index is 12.9. The third-order valence-corrected chi connectivity index (χ3v) is 4.26. The third kappa shape index (κ3) is 6.92. The van der Waals surface area contributed by atoms with E-state index in [2.05, 4.69) is 20.8 Å². The van der Waals surface area contributed by atoms with E-state index in [1.165, 1.54) is 0 Å². The molecule has 1 aromatic rings. The summed E-state index contributed by atoms with van der Waals surface area (Å²) < 4.78 is 2.04. The van der Waals surface area contributed by atoms with Gasteiger partial charge in [0.05, 0.1) is 13.1 Å². The van der Waals surface area contributed by atoms with Crippen molar-refractivity contribution in [1.82, 2.24) is 14.4 Å². The fourth-order valence-corrected chi connectivity index (χ4v) is 2.80. The Morgan fingerprint density at radius 2 is 1.84 bits per heavy atom. The summed E-state index contributed by atoms with van der Waals surface area (Å²) in [6.45, 7) is 12.2. The molecule has 0 spiro atoms. The molecule has 1 heterocycles. The van der Waals surface area contributed by atoms with Gasteiger partial charge in [0.15, 0.2) is 0 Å². The van der Waals surface area contributed by atoms with Crippen LogP contribution >= 0.6 is 0 Å². The van der Waals surface area contributed by atoms with Gasteiger partial charge in [-0.15, -0.1) is 0 Å². The molecule has 25 heavy (non-hydrogen) atoms. The fourth-order valence-electron chi connectivity index (χ4n) is 2.80. The summed E-state index contributed by atoms with van der Waals surface area (Å²) in [6, 6.07) is 4.03. The molecule has 5 nitrogen and oxygen atoms in total. The van der Waals surface area contributed by atoms with E-state index in [4.69, 9.17) is 0 Å². The number of hydrogen-bond acceptors (Lipinski definition) is 2. The Kier molecular flexibility index (Phi) is 8.73. The Labute approximate surface area is 153 Å². The van der Waals surface area contributed by atoms with Crippen molar-refractivity contribution in [2.24, 2.45) is 18.9 Å². The Bertz CT molecular complexity index is 549. The SMILES string of the molecule is CCCCN(CC(=O)N(Cc1cccn1C)CC(C)C)C(=O)C(C)C. The van der Waals surface area contributed by atoms with Crippen LogP contribution in [0, 0.1) is 11.8 Å². The van der Waals surface area contributed by atoms with Crippen LogP contribution in [-0.2, 0) is 23.2 Å². The fraction of sp³-hybridized carbons (Fsp3) is 0.700. The highest BCUT2D eigenvalue weighted by atomic mass is 16.2. The highest BCUT2D eigenvalue weighted by Gasteiger charge is 2.23. The van der Waals surface area contributed by atoms with Gasteiger partial charge in [0, 0.05) is 37.9 Å². The minimum atomic E-state index is -0.0870. The Morgan fingerprint density at radius 1 is 1.16 bits per heavy atom. The van der Waals surface area contributed by atoms with Crippen LogP contribution in [0.1, 0.15) is 53.2 Å². The van der Waals surface area contributed by atoms with E-state index in [1.807, 2.05) is 48.7 Å². The first-order chi connectivity index (χ1) is 11.8. The molecule has 0 bridgehead atoms. The summed E-state index contributed by atoms with van der Waals surface area (Å²) in [5.74, 6) is 0.385. The number of rotatable bonds is 10. The van der Waals surface area contributed by atoms with Crippen molar-refractivity contribution in [2.75, 3.05) is 19.6 Å². The standard InChI is InChI=1S/C20H35N3O2/c1-7-8-12-22(20(25)17(4)5)15-19(24)23(13-16(2)3)14-18-10-9-11-21(18)6/h9-11,16-17H,7-8,12-15H2,1-6H3. The lowest BCUT2D eigenvalue weighted by molar-refractivity contribution is -0.143. The highest BCUT2D eigenvalue weighted by Crippen LogP contribution is 2.11. The number of carbonyl (C=O) groups excluding carboxylic acids is 2. The summed E-state index contributed by atoms with van der Waals surface area (Å²) >= 11 is 0. The van der Waals surface area contributed by atoms with Gasteiger partial charge in [-0.3, -0.25) is 9.59 Å². The van der Waals surface area contributed by atoms with Gasteiger partial charge in [-0.25, -0.2) is 0 Å². The van der Waals surface area contributed by atoms with Gasteiger partial charge < -0.3 is 14.4 Å². The van der Waals surface area contributed by atoms with Crippen LogP contribution in [0.2, 0.25) is 0 Å². The molecule has 1 aromatic heterocycles. The first-order valence-corrected chi connectivity index (χ1v) is 9.43. The molecule has 5 heteroatoms. The van der Waals surface area contributed by atoms with Crippen molar-refractivity contribution in [3.05, 3.63) is 24.0 Å². The van der Waals surface area contributed by atoms with Crippen molar-refractivity contribution in [2.45, 2.75) is 54.0 Å². The molecule has 0 aliphatic heterocycles. The molecule has 2 amide bonds. The van der Waals surface area contributed by atoms with Crippen molar-refractivity contribution < 1.29 is 9.59 Å². The van der Waals surface area contributed by atoms with E-state index in [0.29, 0.717) is 25.6 Å². The minimum Gasteiger partial charge on any atom is -0.353 e. The average Bonchev–Trinajstić information content (AvgIpc) is 2.94. The van der Waals surface area contributed by atoms with Crippen LogP contribution in [0.3, 0.4) is 0 Å². The number of unbranched alkanes of at least 4 members (excludes halogenated alkanes) is 1. The van der Waals surface area contributed by atoms with E-state index < -0.39 is 0 Å². The highest BCUT2D eigenvalue weighted by molar-refractivity contribution is 5.85. The number of nitrogens with zero attached hydrogens (tertiary/aromatic N) is 3. The van der Waals surface area contributed by atoms with E-state index >= 15 is 0 Å². The predicted octanol–water partition coefficient (Wildman–Crippen LogP) is 3.29. The first-order valence-electron chi connectivity index (χ1n) is 9.43. The normalized spacial score (nSPS) is 11.2. The number of aromatic nitrogens is 1. The zero-order valence-electron chi connectivity index (χ0n) is 16.8. The summed E-state index contributed by atoms with van der Waals surface area (Å²) in [4.78, 5) is 29.0. The molecule has 0 atom stereocenters. The summed E-state index contributed by atoms with van der Waals surface area (Å²) in [7, 11) is 1.99. The van der Waals surface area contributed by atoms with E-state index in [1.54, 1.807) is 4.90 Å². The second-order valence-electron chi connectivity index (χ2n) is 7.55. The zero-order chi connectivity index (χ0) is 19.0. The number of carbonyl (C=O) groups is 2. The van der Waals surface area contributed by atoms with Crippen LogP contribution in [0.25, 0.3) is 0 Å². The molecule has 0 unspecified atom stereocenters. The van der Waals surface area contributed by atoms with E-state index in [0.717, 1.165) is 18.5 Å². The van der Waals surface area contributed by atoms with E-state index in [-0.39, 0.29) is 24.3 Å². The average molecular weight is 350 g/mol. The van der Waals surface area contributed by atoms with E-state index in [9.17, 15) is 9.59 Å². The summed E-state index contributed by atoms with van der Waals surface area (Å²) in [5.41, 5.74) is 1.10. The maximum Gasteiger partial charge on any atom is 0.242 e. The van der Waals surface area contributed by atoms with Gasteiger partial charge in [0.1, 0.15) is 0 Å². The molecule has 0 aliphatic carbocycles. The Morgan fingerprint density at radius 3 is 2.32 bits per heavy atom. The molecule has 0 fully saturated rings. The molecule has 0 saturated heterocycles. The molecule has 0 N–H and O–H groups in total. The molecule has 0 radical (unpaired) electrons.